The van der Waals surface area contributed by atoms with Gasteiger partial charge in [0.15, 0.2) is 0 Å². The molecule has 0 aliphatic heterocycles. The Morgan fingerprint density at radius 3 is 0.846 bits per heavy atom. The zero-order valence-electron chi connectivity index (χ0n) is 19.8. The van der Waals surface area contributed by atoms with E-state index in [4.69, 9.17) is 20.4 Å². The van der Waals surface area contributed by atoms with Crippen molar-refractivity contribution in [3.05, 3.63) is 0 Å². The summed E-state index contributed by atoms with van der Waals surface area (Å²) in [7, 11) is 0. The van der Waals surface area contributed by atoms with Gasteiger partial charge in [0.25, 0.3) is 0 Å². The topological polar surface area (TPSA) is 222 Å². The third-order valence-electron chi connectivity index (χ3n) is 2.17. The summed E-state index contributed by atoms with van der Waals surface area (Å²) in [6, 6.07) is 0. The Morgan fingerprint density at radius 2 is 0.731 bits per heavy atom. The second-order valence-electron chi connectivity index (χ2n) is 4.00. The molecule has 0 bridgehead atoms. The predicted octanol–water partition coefficient (Wildman–Crippen LogP) is -14.3. The van der Waals surface area contributed by atoms with Gasteiger partial charge < -0.3 is 37.8 Å². The molecule has 0 amide bonds. The molecule has 12 nitrogen and oxygen atoms in total. The number of aliphatic carboxylic acids is 4. The molecule has 0 aromatic carbocycles. The van der Waals surface area contributed by atoms with Crippen LogP contribution in [-0.4, -0.2) is 98.8 Å². The summed E-state index contributed by atoms with van der Waals surface area (Å²) in [5, 5.41) is 34.5. The van der Waals surface area contributed by atoms with E-state index in [1.807, 2.05) is 0 Å². The summed E-state index contributed by atoms with van der Waals surface area (Å²) in [6.45, 7) is -2.25. The molecule has 0 rings (SSSR count). The molecule has 0 aromatic rings. The minimum atomic E-state index is -1.23. The number of carboxylic acid groups (broad SMARTS) is 4. The van der Waals surface area contributed by atoms with Crippen LogP contribution in [0.25, 0.3) is 0 Å². The molecule has 0 fully saturated rings. The zero-order chi connectivity index (χ0) is 15.7. The van der Waals surface area contributed by atoms with Crippen molar-refractivity contribution in [3.63, 3.8) is 0 Å². The summed E-state index contributed by atoms with van der Waals surface area (Å²) in [6.07, 6.45) is 0. The maximum atomic E-state index is 10.6. The van der Waals surface area contributed by atoms with E-state index < -0.39 is 50.1 Å². The third kappa shape index (κ3) is 30.4. The van der Waals surface area contributed by atoms with Crippen molar-refractivity contribution in [1.82, 2.24) is 16.0 Å². The number of rotatable bonds is 11. The number of hydrogen-bond donors (Lipinski definition) is 5. The van der Waals surface area contributed by atoms with Crippen LogP contribution in [0, 0.1) is 0 Å². The van der Waals surface area contributed by atoms with Gasteiger partial charge in [0.1, 0.15) is 0 Å². The van der Waals surface area contributed by atoms with E-state index in [9.17, 15) is 19.2 Å². The fourth-order valence-electron chi connectivity index (χ4n) is 1.48. The molecule has 138 valence electrons. The molecule has 0 heterocycles. The summed E-state index contributed by atoms with van der Waals surface area (Å²) in [4.78, 5) is 44.4. The van der Waals surface area contributed by atoms with Crippen molar-refractivity contribution in [2.45, 2.75) is 0 Å². The molecule has 0 atom stereocenters. The molecule has 26 heavy (non-hydrogen) atoms. The second-order valence-corrected chi connectivity index (χ2v) is 4.00. The van der Waals surface area contributed by atoms with Gasteiger partial charge in [-0.05, 0) is 0 Å². The maximum absolute atomic E-state index is 10.6. The Labute approximate surface area is 245 Å². The van der Waals surface area contributed by atoms with Crippen LogP contribution in [0.2, 0.25) is 0 Å². The minimum Gasteiger partial charge on any atom is -1.00 e. The normalized spacial score (nSPS) is 8.23. The van der Waals surface area contributed by atoms with Crippen molar-refractivity contribution < 1.29 is 169 Å². The number of carbonyl (C=O) groups is 4. The van der Waals surface area contributed by atoms with Crippen LogP contribution in [0.3, 0.4) is 0 Å². The molecule has 9 N–H and O–H groups in total. The van der Waals surface area contributed by atoms with Crippen LogP contribution >= 0.6 is 0 Å². The van der Waals surface area contributed by atoms with Gasteiger partial charge in [0.05, 0.1) is 26.2 Å². The van der Waals surface area contributed by atoms with E-state index in [0.29, 0.717) is 0 Å². The van der Waals surface area contributed by atoms with Crippen LogP contribution in [0.4, 0.5) is 0 Å². The van der Waals surface area contributed by atoms with E-state index in [2.05, 4.69) is 0 Å². The van der Waals surface area contributed by atoms with Crippen LogP contribution in [0.1, 0.15) is 5.71 Å². The van der Waals surface area contributed by atoms with Gasteiger partial charge in [-0.3, -0.25) is 29.0 Å². The monoisotopic (exact) mass is 423 g/mol. The first-order valence-corrected chi connectivity index (χ1v) is 5.52. The van der Waals surface area contributed by atoms with Crippen molar-refractivity contribution in [2.24, 2.45) is 0 Å². The SMILES string of the molecule is N.O.O=C(O)CN(CCN(CC(=O)O)CC(=O)O)CC(=O)O.[H-].[H-].[H-].[H-].[Na+].[Na+].[Na+].[Na+]. The molecule has 0 unspecified atom stereocenters. The van der Waals surface area contributed by atoms with Gasteiger partial charge in [-0.2, -0.15) is 0 Å². The molecule has 0 radical (unpaired) electrons. The average molecular weight is 423 g/mol. The summed E-state index contributed by atoms with van der Waals surface area (Å²) in [5.41, 5.74) is 0. The Morgan fingerprint density at radius 1 is 0.577 bits per heavy atom. The van der Waals surface area contributed by atoms with Crippen molar-refractivity contribution in [2.75, 3.05) is 39.3 Å². The van der Waals surface area contributed by atoms with Crippen LogP contribution in [0.15, 0.2) is 0 Å². The predicted molar refractivity (Wildman–Crippen MR) is 76.5 cm³/mol. The standard InChI is InChI=1S/C10H16N2O8.H3N.4Na.H2O.4H/c13-7(14)3-11(4-8(15)16)1-2-12(5-9(17)18)6-10(19)20;;;;;;;;;;/h1-6H2,(H,13,14)(H,15,16)(H,17,18)(H,19,20);1H3;;;;;1H2;;;;/q;;4*+1;;4*-1. The fourth-order valence-corrected chi connectivity index (χ4v) is 1.48. The molecule has 0 aliphatic rings. The van der Waals surface area contributed by atoms with E-state index in [1.165, 1.54) is 0 Å². The van der Waals surface area contributed by atoms with Crippen LogP contribution < -0.4 is 124 Å². The zero-order valence-corrected chi connectivity index (χ0v) is 23.8. The number of nitrogens with zero attached hydrogens (tertiary/aromatic N) is 2. The molecule has 16 heteroatoms. The Balaban J connectivity index is -0.0000000401. The van der Waals surface area contributed by atoms with E-state index >= 15 is 0 Å². The Kier molecular flexibility index (Phi) is 47.4. The maximum Gasteiger partial charge on any atom is 1.00 e. The minimum absolute atomic E-state index is 0. The van der Waals surface area contributed by atoms with E-state index in [-0.39, 0.29) is 149 Å². The molecular formula is C10H25N3Na4O9. The molecule has 0 aromatic heterocycles. The first-order valence-electron chi connectivity index (χ1n) is 5.52. The number of carboxylic acids is 4. The summed E-state index contributed by atoms with van der Waals surface area (Å²) < 4.78 is 0. The second kappa shape index (κ2) is 26.7. The van der Waals surface area contributed by atoms with Gasteiger partial charge in [0.2, 0.25) is 0 Å². The Hall–Kier alpha value is 1.72. The molecule has 0 spiro atoms. The Bertz CT molecular complexity index is 353. The van der Waals surface area contributed by atoms with Gasteiger partial charge >= 0.3 is 142 Å². The number of hydrogen-bond acceptors (Lipinski definition) is 7. The smallest absolute Gasteiger partial charge is 1.00 e. The largest absolute Gasteiger partial charge is 1.00 e. The van der Waals surface area contributed by atoms with Gasteiger partial charge in [-0.25, -0.2) is 0 Å². The molecule has 0 aliphatic carbocycles. The van der Waals surface area contributed by atoms with Gasteiger partial charge in [-0.1, -0.05) is 0 Å². The average Bonchev–Trinajstić information content (AvgIpc) is 2.22. The van der Waals surface area contributed by atoms with Crippen molar-refractivity contribution >= 4 is 23.9 Å². The quantitative estimate of drug-likeness (QED) is 0.196. The molecule has 0 saturated heterocycles. The van der Waals surface area contributed by atoms with Crippen molar-refractivity contribution in [3.8, 4) is 0 Å². The van der Waals surface area contributed by atoms with E-state index in [1.54, 1.807) is 0 Å². The van der Waals surface area contributed by atoms with E-state index in [0.717, 1.165) is 9.80 Å². The first-order chi connectivity index (χ1) is 9.20. The third-order valence-corrected chi connectivity index (χ3v) is 2.17. The molecule has 0 saturated carbocycles. The fraction of sp³-hybridized carbons (Fsp3) is 0.600. The molecular weight excluding hydrogens is 398 g/mol. The van der Waals surface area contributed by atoms with Gasteiger partial charge in [0, 0.05) is 13.1 Å². The van der Waals surface area contributed by atoms with Crippen molar-refractivity contribution in [1.29, 1.82) is 0 Å². The van der Waals surface area contributed by atoms with Gasteiger partial charge in [-0.15, -0.1) is 0 Å². The summed E-state index contributed by atoms with van der Waals surface area (Å²) >= 11 is 0. The van der Waals surface area contributed by atoms with Crippen LogP contribution in [-0.2, 0) is 19.2 Å². The first kappa shape index (κ1) is 46.1. The summed E-state index contributed by atoms with van der Waals surface area (Å²) in [5.74, 6) is -4.91. The van der Waals surface area contributed by atoms with Crippen LogP contribution in [0.5, 0.6) is 0 Å².